The SMILES string of the molecule is CCn1c(=O)c(C(=O)Nc2ccccc2F)cc2cccnc21. The Labute approximate surface area is 131 Å². The molecule has 0 atom stereocenters. The maximum Gasteiger partial charge on any atom is 0.265 e. The van der Waals surface area contributed by atoms with E-state index in [2.05, 4.69) is 10.3 Å². The fourth-order valence-corrected chi connectivity index (χ4v) is 2.41. The number of para-hydroxylation sites is 1. The molecule has 0 aliphatic carbocycles. The summed E-state index contributed by atoms with van der Waals surface area (Å²) in [5.74, 6) is -1.20. The molecule has 23 heavy (non-hydrogen) atoms. The topological polar surface area (TPSA) is 64.0 Å². The van der Waals surface area contributed by atoms with Crippen molar-refractivity contribution in [3.63, 3.8) is 0 Å². The first-order valence-corrected chi connectivity index (χ1v) is 7.16. The Balaban J connectivity index is 2.09. The number of carbonyl (C=O) groups is 1. The minimum absolute atomic E-state index is 0.0335. The van der Waals surface area contributed by atoms with Crippen LogP contribution in [0.2, 0.25) is 0 Å². The second-order valence-corrected chi connectivity index (χ2v) is 4.96. The van der Waals surface area contributed by atoms with Gasteiger partial charge in [0.2, 0.25) is 0 Å². The lowest BCUT2D eigenvalue weighted by Gasteiger charge is -2.10. The van der Waals surface area contributed by atoms with Crippen molar-refractivity contribution in [2.24, 2.45) is 0 Å². The quantitative estimate of drug-likeness (QED) is 0.809. The molecule has 2 aromatic heterocycles. The van der Waals surface area contributed by atoms with Crippen LogP contribution in [0, 0.1) is 5.82 Å². The van der Waals surface area contributed by atoms with Gasteiger partial charge in [-0.25, -0.2) is 9.37 Å². The highest BCUT2D eigenvalue weighted by molar-refractivity contribution is 6.05. The summed E-state index contributed by atoms with van der Waals surface area (Å²) in [6.07, 6.45) is 1.59. The molecule has 0 fully saturated rings. The number of aryl methyl sites for hydroxylation is 1. The first-order chi connectivity index (χ1) is 11.1. The van der Waals surface area contributed by atoms with Crippen LogP contribution in [0.15, 0.2) is 53.5 Å². The standard InChI is InChI=1S/C17H14FN3O2/c1-2-21-15-11(6-5-9-19-15)10-12(17(21)23)16(22)20-14-8-4-3-7-13(14)18/h3-10H,2H2,1H3,(H,20,22). The number of hydrogen-bond donors (Lipinski definition) is 1. The monoisotopic (exact) mass is 311 g/mol. The molecule has 3 rings (SSSR count). The molecule has 0 unspecified atom stereocenters. The summed E-state index contributed by atoms with van der Waals surface area (Å²) in [6.45, 7) is 2.18. The molecule has 0 saturated heterocycles. The first kappa shape index (κ1) is 14.9. The number of benzene rings is 1. The number of halogens is 1. The van der Waals surface area contributed by atoms with Crippen molar-refractivity contribution >= 4 is 22.6 Å². The molecule has 1 aromatic carbocycles. The number of carbonyl (C=O) groups excluding carboxylic acids is 1. The highest BCUT2D eigenvalue weighted by Gasteiger charge is 2.16. The second-order valence-electron chi connectivity index (χ2n) is 4.96. The third kappa shape index (κ3) is 2.70. The molecule has 0 aliphatic rings. The number of pyridine rings is 2. The largest absolute Gasteiger partial charge is 0.319 e. The Morgan fingerprint density at radius 3 is 2.78 bits per heavy atom. The van der Waals surface area contributed by atoms with E-state index in [0.717, 1.165) is 0 Å². The number of amides is 1. The molecule has 0 radical (unpaired) electrons. The molecule has 1 N–H and O–H groups in total. The van der Waals surface area contributed by atoms with Crippen molar-refractivity contribution in [1.82, 2.24) is 9.55 Å². The van der Waals surface area contributed by atoms with Gasteiger partial charge in [0.15, 0.2) is 0 Å². The van der Waals surface area contributed by atoms with Gasteiger partial charge in [-0.3, -0.25) is 14.2 Å². The maximum atomic E-state index is 13.7. The van der Waals surface area contributed by atoms with Crippen LogP contribution in [-0.4, -0.2) is 15.5 Å². The van der Waals surface area contributed by atoms with Crippen LogP contribution in [0.4, 0.5) is 10.1 Å². The fourth-order valence-electron chi connectivity index (χ4n) is 2.41. The van der Waals surface area contributed by atoms with Gasteiger partial charge in [0.25, 0.3) is 11.5 Å². The fraction of sp³-hybridized carbons (Fsp3) is 0.118. The lowest BCUT2D eigenvalue weighted by atomic mass is 10.2. The van der Waals surface area contributed by atoms with E-state index in [0.29, 0.717) is 17.6 Å². The summed E-state index contributed by atoms with van der Waals surface area (Å²) >= 11 is 0. The van der Waals surface area contributed by atoms with E-state index in [-0.39, 0.29) is 11.3 Å². The predicted octanol–water partition coefficient (Wildman–Crippen LogP) is 2.81. The van der Waals surface area contributed by atoms with Gasteiger partial charge >= 0.3 is 0 Å². The van der Waals surface area contributed by atoms with Crippen LogP contribution in [0.3, 0.4) is 0 Å². The van der Waals surface area contributed by atoms with E-state index in [1.165, 1.54) is 28.8 Å². The maximum absolute atomic E-state index is 13.7. The normalized spacial score (nSPS) is 10.7. The molecule has 2 heterocycles. The van der Waals surface area contributed by atoms with Crippen molar-refractivity contribution in [3.8, 4) is 0 Å². The van der Waals surface area contributed by atoms with Crippen LogP contribution in [0.25, 0.3) is 11.0 Å². The smallest absolute Gasteiger partial charge is 0.265 e. The van der Waals surface area contributed by atoms with Crippen molar-refractivity contribution in [1.29, 1.82) is 0 Å². The van der Waals surface area contributed by atoms with Gasteiger partial charge in [-0.2, -0.15) is 0 Å². The molecule has 3 aromatic rings. The van der Waals surface area contributed by atoms with Crippen LogP contribution < -0.4 is 10.9 Å². The van der Waals surface area contributed by atoms with Gasteiger partial charge in [-0.05, 0) is 37.3 Å². The summed E-state index contributed by atoms with van der Waals surface area (Å²) in [7, 11) is 0. The van der Waals surface area contributed by atoms with E-state index in [1.807, 2.05) is 0 Å². The zero-order valence-electron chi connectivity index (χ0n) is 12.4. The predicted molar refractivity (Wildman–Crippen MR) is 86.0 cm³/mol. The first-order valence-electron chi connectivity index (χ1n) is 7.16. The van der Waals surface area contributed by atoms with Crippen LogP contribution in [0.1, 0.15) is 17.3 Å². The minimum Gasteiger partial charge on any atom is -0.319 e. The van der Waals surface area contributed by atoms with Crippen molar-refractivity contribution < 1.29 is 9.18 Å². The molecule has 0 bridgehead atoms. The summed E-state index contributed by atoms with van der Waals surface area (Å²) in [5.41, 5.74) is 0.0526. The van der Waals surface area contributed by atoms with Crippen LogP contribution in [0.5, 0.6) is 0 Å². The summed E-state index contributed by atoms with van der Waals surface area (Å²) in [4.78, 5) is 29.1. The Morgan fingerprint density at radius 1 is 1.26 bits per heavy atom. The van der Waals surface area contributed by atoms with Crippen molar-refractivity contribution in [3.05, 3.63) is 70.4 Å². The van der Waals surface area contributed by atoms with Crippen molar-refractivity contribution in [2.45, 2.75) is 13.5 Å². The number of aromatic nitrogens is 2. The molecule has 5 nitrogen and oxygen atoms in total. The zero-order valence-corrected chi connectivity index (χ0v) is 12.4. The highest BCUT2D eigenvalue weighted by Crippen LogP contribution is 2.15. The molecule has 6 heteroatoms. The Bertz CT molecular complexity index is 950. The Morgan fingerprint density at radius 2 is 2.04 bits per heavy atom. The summed E-state index contributed by atoms with van der Waals surface area (Å²) < 4.78 is 15.1. The third-order valence-corrected chi connectivity index (χ3v) is 3.53. The molecule has 0 aliphatic heterocycles. The van der Waals surface area contributed by atoms with E-state index in [4.69, 9.17) is 0 Å². The molecule has 0 spiro atoms. The van der Waals surface area contributed by atoms with Gasteiger partial charge in [-0.1, -0.05) is 12.1 Å². The van der Waals surface area contributed by atoms with Gasteiger partial charge in [0.1, 0.15) is 17.0 Å². The lowest BCUT2D eigenvalue weighted by Crippen LogP contribution is -2.29. The number of nitrogens with one attached hydrogen (secondary N) is 1. The molecule has 116 valence electrons. The highest BCUT2D eigenvalue weighted by atomic mass is 19.1. The van der Waals surface area contributed by atoms with Crippen molar-refractivity contribution in [2.75, 3.05) is 5.32 Å². The van der Waals surface area contributed by atoms with E-state index < -0.39 is 17.3 Å². The number of hydrogen-bond acceptors (Lipinski definition) is 3. The molecule has 1 amide bonds. The lowest BCUT2D eigenvalue weighted by molar-refractivity contribution is 0.102. The van der Waals surface area contributed by atoms with E-state index in [1.54, 1.807) is 31.3 Å². The van der Waals surface area contributed by atoms with Gasteiger partial charge in [0, 0.05) is 18.1 Å². The van der Waals surface area contributed by atoms with Crippen LogP contribution in [-0.2, 0) is 6.54 Å². The zero-order chi connectivity index (χ0) is 16.4. The average Bonchev–Trinajstić information content (AvgIpc) is 2.56. The number of anilines is 1. The Hall–Kier alpha value is -3.02. The average molecular weight is 311 g/mol. The molecular weight excluding hydrogens is 297 g/mol. The van der Waals surface area contributed by atoms with Gasteiger partial charge < -0.3 is 5.32 Å². The summed E-state index contributed by atoms with van der Waals surface area (Å²) in [6, 6.07) is 10.8. The molecular formula is C17H14FN3O2. The van der Waals surface area contributed by atoms with Gasteiger partial charge in [0.05, 0.1) is 5.69 Å². The number of rotatable bonds is 3. The minimum atomic E-state index is -0.645. The van der Waals surface area contributed by atoms with E-state index >= 15 is 0 Å². The van der Waals surface area contributed by atoms with Gasteiger partial charge in [-0.15, -0.1) is 0 Å². The van der Waals surface area contributed by atoms with E-state index in [9.17, 15) is 14.0 Å². The molecule has 0 saturated carbocycles. The second kappa shape index (κ2) is 6.00. The Kier molecular flexibility index (Phi) is 3.89. The summed E-state index contributed by atoms with van der Waals surface area (Å²) in [5, 5.41) is 3.11. The third-order valence-electron chi connectivity index (χ3n) is 3.53. The van der Waals surface area contributed by atoms with Crippen LogP contribution >= 0.6 is 0 Å². The number of nitrogens with zero attached hydrogens (tertiary/aromatic N) is 2. The number of fused-ring (bicyclic) bond motifs is 1.